The number of fused-ring (bicyclic) bond motifs is 1. The van der Waals surface area contributed by atoms with E-state index in [1.54, 1.807) is 35.0 Å². The van der Waals surface area contributed by atoms with Gasteiger partial charge in [0, 0.05) is 18.3 Å². The minimum Gasteiger partial charge on any atom is -0.495 e. The van der Waals surface area contributed by atoms with Crippen LogP contribution >= 0.6 is 12.4 Å². The number of anilines is 1. The summed E-state index contributed by atoms with van der Waals surface area (Å²) in [5.41, 5.74) is 7.51. The molecule has 0 spiro atoms. The molecule has 2 aromatic heterocycles. The van der Waals surface area contributed by atoms with E-state index < -0.39 is 0 Å². The van der Waals surface area contributed by atoms with Crippen molar-refractivity contribution >= 4 is 29.4 Å². The molecule has 0 atom stereocenters. The summed E-state index contributed by atoms with van der Waals surface area (Å²) < 4.78 is 12.8. The Balaban J connectivity index is 0.00000261. The van der Waals surface area contributed by atoms with Gasteiger partial charge in [0.25, 0.3) is 0 Å². The van der Waals surface area contributed by atoms with Crippen LogP contribution in [0.5, 0.6) is 11.5 Å². The van der Waals surface area contributed by atoms with Crippen LogP contribution in [0.25, 0.3) is 5.52 Å². The molecule has 0 fully saturated rings. The number of aromatic nitrogens is 2. The average molecular weight is 391 g/mol. The van der Waals surface area contributed by atoms with E-state index >= 15 is 0 Å². The van der Waals surface area contributed by atoms with Gasteiger partial charge < -0.3 is 20.1 Å². The summed E-state index contributed by atoms with van der Waals surface area (Å²) in [6.07, 6.45) is 3.44. The van der Waals surface area contributed by atoms with Crippen LogP contribution in [0.15, 0.2) is 42.7 Å². The number of imidazole rings is 1. The van der Waals surface area contributed by atoms with Gasteiger partial charge in [0.2, 0.25) is 5.78 Å². The second kappa shape index (κ2) is 8.75. The Morgan fingerprint density at radius 1 is 1.26 bits per heavy atom. The number of hydrogen-bond donors (Lipinski definition) is 1. The van der Waals surface area contributed by atoms with Crippen molar-refractivity contribution in [3.05, 3.63) is 54.1 Å². The summed E-state index contributed by atoms with van der Waals surface area (Å²) in [7, 11) is 5.49. The zero-order valence-corrected chi connectivity index (χ0v) is 16.3. The summed E-state index contributed by atoms with van der Waals surface area (Å²) in [6, 6.07) is 8.64. The molecule has 8 heteroatoms. The van der Waals surface area contributed by atoms with Crippen molar-refractivity contribution in [1.29, 1.82) is 0 Å². The minimum absolute atomic E-state index is 0. The van der Waals surface area contributed by atoms with E-state index in [0.717, 1.165) is 12.1 Å². The molecule has 0 saturated carbocycles. The molecule has 27 heavy (non-hydrogen) atoms. The third kappa shape index (κ3) is 4.32. The van der Waals surface area contributed by atoms with E-state index in [0.29, 0.717) is 35.2 Å². The summed E-state index contributed by atoms with van der Waals surface area (Å²) in [6.45, 7) is 1.35. The predicted octanol–water partition coefficient (Wildman–Crippen LogP) is 2.52. The lowest BCUT2D eigenvalue weighted by Gasteiger charge is -2.12. The lowest BCUT2D eigenvalue weighted by atomic mass is 10.1. The fourth-order valence-electron chi connectivity index (χ4n) is 2.61. The van der Waals surface area contributed by atoms with Crippen LogP contribution in [0, 0.1) is 0 Å². The molecule has 2 N–H and O–H groups in total. The van der Waals surface area contributed by atoms with Gasteiger partial charge in [-0.1, -0.05) is 0 Å². The van der Waals surface area contributed by atoms with Gasteiger partial charge in [0.1, 0.15) is 23.6 Å². The third-order valence-electron chi connectivity index (χ3n) is 4.03. The number of benzene rings is 1. The maximum Gasteiger partial charge on any atom is 0.228 e. The van der Waals surface area contributed by atoms with Crippen LogP contribution in [0.3, 0.4) is 0 Å². The van der Waals surface area contributed by atoms with Crippen LogP contribution in [0.2, 0.25) is 0 Å². The van der Waals surface area contributed by atoms with Gasteiger partial charge in [-0.15, -0.1) is 12.4 Å². The molecule has 2 heterocycles. The van der Waals surface area contributed by atoms with E-state index in [1.165, 1.54) is 7.11 Å². The normalized spacial score (nSPS) is 10.7. The molecular formula is C19H23ClN4O3. The van der Waals surface area contributed by atoms with Gasteiger partial charge in [0.15, 0.2) is 5.82 Å². The van der Waals surface area contributed by atoms with Gasteiger partial charge in [-0.25, -0.2) is 4.98 Å². The first-order valence-corrected chi connectivity index (χ1v) is 8.23. The Morgan fingerprint density at radius 3 is 2.74 bits per heavy atom. The molecule has 3 aromatic rings. The Labute approximate surface area is 164 Å². The SMILES string of the molecule is COc1cc(C(=O)c2ncc3c(OCCN(C)C)cccn23)ccc1N.Cl. The van der Waals surface area contributed by atoms with Gasteiger partial charge in [-0.3, -0.25) is 9.20 Å². The number of nitrogens with two attached hydrogens (primary N) is 1. The quantitative estimate of drug-likeness (QED) is 0.493. The highest BCUT2D eigenvalue weighted by atomic mass is 35.5. The van der Waals surface area contributed by atoms with Crippen LogP contribution in [-0.4, -0.2) is 54.4 Å². The number of nitrogen functional groups attached to an aromatic ring is 1. The number of carbonyl (C=O) groups is 1. The second-order valence-electron chi connectivity index (χ2n) is 6.15. The lowest BCUT2D eigenvalue weighted by Crippen LogP contribution is -2.19. The highest BCUT2D eigenvalue weighted by molar-refractivity contribution is 6.07. The van der Waals surface area contributed by atoms with Crippen molar-refractivity contribution in [2.75, 3.05) is 40.1 Å². The number of carbonyl (C=O) groups excluding carboxylic acids is 1. The summed E-state index contributed by atoms with van der Waals surface area (Å²) in [4.78, 5) is 19.2. The number of halogens is 1. The highest BCUT2D eigenvalue weighted by Gasteiger charge is 2.18. The molecule has 0 aliphatic heterocycles. The number of nitrogens with zero attached hydrogens (tertiary/aromatic N) is 3. The summed E-state index contributed by atoms with van der Waals surface area (Å²) in [5, 5.41) is 0. The molecule has 0 unspecified atom stereocenters. The highest BCUT2D eigenvalue weighted by Crippen LogP contribution is 2.25. The Hall–Kier alpha value is -2.77. The van der Waals surface area contributed by atoms with Crippen LogP contribution in [0.1, 0.15) is 16.2 Å². The molecule has 144 valence electrons. The molecule has 7 nitrogen and oxygen atoms in total. The van der Waals surface area contributed by atoms with Gasteiger partial charge in [-0.2, -0.15) is 0 Å². The number of pyridine rings is 1. The van der Waals surface area contributed by atoms with Gasteiger partial charge >= 0.3 is 0 Å². The molecule has 1 aromatic carbocycles. The molecule has 0 saturated heterocycles. The zero-order chi connectivity index (χ0) is 18.7. The van der Waals surface area contributed by atoms with Crippen LogP contribution in [-0.2, 0) is 0 Å². The Kier molecular flexibility index (Phi) is 6.65. The molecule has 0 aliphatic rings. The first-order chi connectivity index (χ1) is 12.5. The monoisotopic (exact) mass is 390 g/mol. The van der Waals surface area contributed by atoms with Crippen molar-refractivity contribution in [3.63, 3.8) is 0 Å². The summed E-state index contributed by atoms with van der Waals surface area (Å²) >= 11 is 0. The van der Waals surface area contributed by atoms with E-state index in [9.17, 15) is 4.79 Å². The number of ketones is 1. The van der Waals surface area contributed by atoms with Crippen molar-refractivity contribution in [2.45, 2.75) is 0 Å². The summed E-state index contributed by atoms with van der Waals surface area (Å²) in [5.74, 6) is 1.25. The molecule has 0 aliphatic carbocycles. The van der Waals surface area contributed by atoms with Crippen molar-refractivity contribution < 1.29 is 14.3 Å². The third-order valence-corrected chi connectivity index (χ3v) is 4.03. The Morgan fingerprint density at radius 2 is 2.04 bits per heavy atom. The Bertz CT molecular complexity index is 940. The first kappa shape index (κ1) is 20.5. The molecular weight excluding hydrogens is 368 g/mol. The number of rotatable bonds is 7. The van der Waals surface area contributed by atoms with Crippen molar-refractivity contribution in [3.8, 4) is 11.5 Å². The largest absolute Gasteiger partial charge is 0.495 e. The van der Waals surface area contributed by atoms with Gasteiger partial charge in [-0.05, 0) is 44.4 Å². The minimum atomic E-state index is -0.214. The fourth-order valence-corrected chi connectivity index (χ4v) is 2.61. The van der Waals surface area contributed by atoms with E-state index in [4.69, 9.17) is 15.2 Å². The molecule has 0 bridgehead atoms. The smallest absolute Gasteiger partial charge is 0.228 e. The van der Waals surface area contributed by atoms with E-state index in [-0.39, 0.29) is 18.2 Å². The fraction of sp³-hybridized carbons (Fsp3) is 0.263. The number of hydrogen-bond acceptors (Lipinski definition) is 6. The molecule has 3 rings (SSSR count). The number of ether oxygens (including phenoxy) is 2. The standard InChI is InChI=1S/C19H22N4O3.ClH/c1-22(2)9-10-26-16-5-4-8-23-15(16)12-21-19(23)18(24)13-6-7-14(20)17(11-13)25-3;/h4-8,11-12H,9-10,20H2,1-3H3;1H. The van der Waals surface area contributed by atoms with E-state index in [2.05, 4.69) is 4.98 Å². The van der Waals surface area contributed by atoms with E-state index in [1.807, 2.05) is 31.1 Å². The van der Waals surface area contributed by atoms with Gasteiger partial charge in [0.05, 0.1) is 19.0 Å². The topological polar surface area (TPSA) is 82.1 Å². The van der Waals surface area contributed by atoms with Crippen LogP contribution in [0.4, 0.5) is 5.69 Å². The van der Waals surface area contributed by atoms with Crippen molar-refractivity contribution in [1.82, 2.24) is 14.3 Å². The molecule has 0 amide bonds. The molecule has 0 radical (unpaired) electrons. The number of methoxy groups -OCH3 is 1. The maximum atomic E-state index is 12.9. The van der Waals surface area contributed by atoms with Crippen LogP contribution < -0.4 is 15.2 Å². The van der Waals surface area contributed by atoms with Crippen molar-refractivity contribution in [2.24, 2.45) is 0 Å². The second-order valence-corrected chi connectivity index (χ2v) is 6.15. The average Bonchev–Trinajstić information content (AvgIpc) is 3.06. The maximum absolute atomic E-state index is 12.9. The number of likely N-dealkylation sites (N-methyl/N-ethyl adjacent to an activating group) is 1. The zero-order valence-electron chi connectivity index (χ0n) is 15.5. The predicted molar refractivity (Wildman–Crippen MR) is 107 cm³/mol. The lowest BCUT2D eigenvalue weighted by molar-refractivity contribution is 0.102. The first-order valence-electron chi connectivity index (χ1n) is 8.23.